The van der Waals surface area contributed by atoms with Crippen molar-refractivity contribution >= 4 is 17.5 Å². The van der Waals surface area contributed by atoms with Gasteiger partial charge in [0.1, 0.15) is 5.15 Å². The van der Waals surface area contributed by atoms with Crippen LogP contribution in [0, 0.1) is 12.8 Å². The molecule has 2 heterocycles. The summed E-state index contributed by atoms with van der Waals surface area (Å²) in [5, 5.41) is 7.79. The first-order valence-corrected chi connectivity index (χ1v) is 10.2. The molecule has 3 rings (SSSR count). The van der Waals surface area contributed by atoms with Crippen LogP contribution in [0.4, 0.5) is 0 Å². The Bertz CT molecular complexity index is 791. The molecule has 1 saturated heterocycles. The average molecular weight is 405 g/mol. The van der Waals surface area contributed by atoms with Crippen LogP contribution in [-0.2, 0) is 11.3 Å². The zero-order valence-electron chi connectivity index (χ0n) is 16.8. The second-order valence-electron chi connectivity index (χ2n) is 7.75. The molecule has 6 nitrogen and oxygen atoms in total. The predicted molar refractivity (Wildman–Crippen MR) is 111 cm³/mol. The van der Waals surface area contributed by atoms with Crippen LogP contribution in [0.2, 0.25) is 5.15 Å². The van der Waals surface area contributed by atoms with Crippen LogP contribution in [0.5, 0.6) is 0 Å². The first kappa shape index (κ1) is 20.8. The van der Waals surface area contributed by atoms with Gasteiger partial charge in [0.25, 0.3) is 5.91 Å². The highest BCUT2D eigenvalue weighted by Crippen LogP contribution is 2.21. The summed E-state index contributed by atoms with van der Waals surface area (Å²) in [6.45, 7) is 10.8. The Morgan fingerprint density at radius 2 is 2.11 bits per heavy atom. The van der Waals surface area contributed by atoms with Gasteiger partial charge in [0.15, 0.2) is 0 Å². The minimum Gasteiger partial charge on any atom is -0.374 e. The summed E-state index contributed by atoms with van der Waals surface area (Å²) in [6, 6.07) is 9.93. The molecule has 0 bridgehead atoms. The molecule has 0 aliphatic carbocycles. The fourth-order valence-electron chi connectivity index (χ4n) is 3.55. The summed E-state index contributed by atoms with van der Waals surface area (Å²) in [7, 11) is 0. The number of rotatable bonds is 7. The first-order chi connectivity index (χ1) is 13.4. The Kier molecular flexibility index (Phi) is 7.10. The van der Waals surface area contributed by atoms with Gasteiger partial charge in [-0.1, -0.05) is 55.8 Å². The Labute approximate surface area is 171 Å². The van der Waals surface area contributed by atoms with Gasteiger partial charge >= 0.3 is 0 Å². The predicted octanol–water partition coefficient (Wildman–Crippen LogP) is 2.98. The van der Waals surface area contributed by atoms with Crippen LogP contribution in [-0.4, -0.2) is 59.5 Å². The highest BCUT2D eigenvalue weighted by Gasteiger charge is 2.24. The van der Waals surface area contributed by atoms with Gasteiger partial charge in [0.05, 0.1) is 30.5 Å². The van der Waals surface area contributed by atoms with Crippen molar-refractivity contribution in [3.63, 3.8) is 0 Å². The molecule has 1 amide bonds. The first-order valence-electron chi connectivity index (χ1n) is 9.83. The topological polar surface area (TPSA) is 59.4 Å². The molecule has 1 aliphatic heterocycles. The lowest BCUT2D eigenvalue weighted by Gasteiger charge is -2.33. The molecule has 1 aromatic heterocycles. The van der Waals surface area contributed by atoms with Crippen molar-refractivity contribution in [2.45, 2.75) is 33.4 Å². The van der Waals surface area contributed by atoms with E-state index in [0.717, 1.165) is 25.2 Å². The summed E-state index contributed by atoms with van der Waals surface area (Å²) < 4.78 is 7.48. The molecule has 28 heavy (non-hydrogen) atoms. The van der Waals surface area contributed by atoms with Crippen molar-refractivity contribution in [1.82, 2.24) is 20.0 Å². The quantitative estimate of drug-likeness (QED) is 0.770. The number of nitrogens with one attached hydrogen (secondary N) is 1. The zero-order valence-corrected chi connectivity index (χ0v) is 17.6. The van der Waals surface area contributed by atoms with Gasteiger partial charge in [0, 0.05) is 26.2 Å². The van der Waals surface area contributed by atoms with Crippen molar-refractivity contribution in [2.75, 3.05) is 32.8 Å². The number of hydrogen-bond donors (Lipinski definition) is 1. The minimum absolute atomic E-state index is 0.00473. The van der Waals surface area contributed by atoms with Gasteiger partial charge in [-0.3, -0.25) is 9.69 Å². The van der Waals surface area contributed by atoms with E-state index in [1.165, 1.54) is 0 Å². The molecule has 0 radical (unpaired) electrons. The highest BCUT2D eigenvalue weighted by atomic mass is 35.5. The Balaban J connectivity index is 1.60. The van der Waals surface area contributed by atoms with E-state index in [1.54, 1.807) is 4.68 Å². The summed E-state index contributed by atoms with van der Waals surface area (Å²) in [5.41, 5.74) is 2.15. The van der Waals surface area contributed by atoms with Crippen molar-refractivity contribution < 1.29 is 9.53 Å². The monoisotopic (exact) mass is 404 g/mol. The SMILES string of the molecule is Cc1nn(Cc2ccccc2)c(Cl)c1C(=O)NCC1CN(CC(C)C)CCO1. The van der Waals surface area contributed by atoms with Crippen LogP contribution in [0.1, 0.15) is 35.5 Å². The number of amides is 1. The normalized spacial score (nSPS) is 17.8. The Morgan fingerprint density at radius 1 is 1.36 bits per heavy atom. The third-order valence-corrected chi connectivity index (χ3v) is 5.19. The number of nitrogens with zero attached hydrogens (tertiary/aromatic N) is 3. The number of hydrogen-bond acceptors (Lipinski definition) is 4. The number of aromatic nitrogens is 2. The van der Waals surface area contributed by atoms with Crippen molar-refractivity contribution in [3.05, 3.63) is 52.3 Å². The largest absolute Gasteiger partial charge is 0.374 e. The fraction of sp³-hybridized carbons (Fsp3) is 0.524. The lowest BCUT2D eigenvalue weighted by Crippen LogP contribution is -2.48. The Hall–Kier alpha value is -1.89. The molecule has 1 atom stereocenters. The highest BCUT2D eigenvalue weighted by molar-refractivity contribution is 6.33. The maximum Gasteiger partial charge on any atom is 0.256 e. The van der Waals surface area contributed by atoms with E-state index in [2.05, 4.69) is 29.2 Å². The number of aryl methyl sites for hydroxylation is 1. The third-order valence-electron chi connectivity index (χ3n) is 4.80. The molecular weight excluding hydrogens is 376 g/mol. The molecule has 7 heteroatoms. The van der Waals surface area contributed by atoms with E-state index in [9.17, 15) is 4.79 Å². The van der Waals surface area contributed by atoms with Crippen LogP contribution in [0.25, 0.3) is 0 Å². The molecule has 0 saturated carbocycles. The molecule has 152 valence electrons. The van der Waals surface area contributed by atoms with E-state index in [-0.39, 0.29) is 12.0 Å². The average Bonchev–Trinajstić information content (AvgIpc) is 2.94. The third kappa shape index (κ3) is 5.34. The van der Waals surface area contributed by atoms with Gasteiger partial charge < -0.3 is 10.1 Å². The molecular formula is C21H29ClN4O2. The van der Waals surface area contributed by atoms with E-state index >= 15 is 0 Å². The summed E-state index contributed by atoms with van der Waals surface area (Å²) in [6.07, 6.45) is -0.00473. The summed E-state index contributed by atoms with van der Waals surface area (Å²) >= 11 is 6.48. The van der Waals surface area contributed by atoms with Crippen LogP contribution in [0.3, 0.4) is 0 Å². The van der Waals surface area contributed by atoms with Crippen LogP contribution >= 0.6 is 11.6 Å². The molecule has 0 spiro atoms. The molecule has 1 aromatic carbocycles. The smallest absolute Gasteiger partial charge is 0.256 e. The van der Waals surface area contributed by atoms with Crippen molar-refractivity contribution in [2.24, 2.45) is 5.92 Å². The van der Waals surface area contributed by atoms with E-state index < -0.39 is 0 Å². The van der Waals surface area contributed by atoms with Crippen LogP contribution < -0.4 is 5.32 Å². The van der Waals surface area contributed by atoms with Gasteiger partial charge in [-0.15, -0.1) is 0 Å². The number of benzene rings is 1. The number of ether oxygens (including phenoxy) is 1. The molecule has 1 unspecified atom stereocenters. The summed E-state index contributed by atoms with van der Waals surface area (Å²) in [4.78, 5) is 15.1. The standard InChI is InChI=1S/C21H29ClN4O2/c1-15(2)12-25-9-10-28-18(14-25)11-23-21(27)19-16(3)24-26(20(19)22)13-17-7-5-4-6-8-17/h4-8,15,18H,9-14H2,1-3H3,(H,23,27). The number of carbonyl (C=O) groups excluding carboxylic acids is 1. The summed E-state index contributed by atoms with van der Waals surface area (Å²) in [5.74, 6) is 0.414. The van der Waals surface area contributed by atoms with Crippen molar-refractivity contribution in [1.29, 1.82) is 0 Å². The number of morpholine rings is 1. The molecule has 1 aliphatic rings. The lowest BCUT2D eigenvalue weighted by molar-refractivity contribution is -0.0295. The second-order valence-corrected chi connectivity index (χ2v) is 8.11. The van der Waals surface area contributed by atoms with Crippen LogP contribution in [0.15, 0.2) is 30.3 Å². The van der Waals surface area contributed by atoms with Crippen molar-refractivity contribution in [3.8, 4) is 0 Å². The number of carbonyl (C=O) groups is 1. The molecule has 2 aromatic rings. The maximum atomic E-state index is 12.7. The molecule has 1 fully saturated rings. The zero-order chi connectivity index (χ0) is 20.1. The number of halogens is 1. The van der Waals surface area contributed by atoms with E-state index in [4.69, 9.17) is 16.3 Å². The fourth-order valence-corrected chi connectivity index (χ4v) is 3.87. The second kappa shape index (κ2) is 9.54. The van der Waals surface area contributed by atoms with Gasteiger partial charge in [-0.05, 0) is 18.4 Å². The maximum absolute atomic E-state index is 12.7. The van der Waals surface area contributed by atoms with E-state index in [1.807, 2.05) is 37.3 Å². The molecule has 1 N–H and O–H groups in total. The lowest BCUT2D eigenvalue weighted by atomic mass is 10.1. The van der Waals surface area contributed by atoms with Gasteiger partial charge in [-0.2, -0.15) is 5.10 Å². The van der Waals surface area contributed by atoms with Gasteiger partial charge in [0.2, 0.25) is 0 Å². The van der Waals surface area contributed by atoms with E-state index in [0.29, 0.717) is 42.0 Å². The Morgan fingerprint density at radius 3 is 2.82 bits per heavy atom. The van der Waals surface area contributed by atoms with Gasteiger partial charge in [-0.25, -0.2) is 4.68 Å². The minimum atomic E-state index is -0.202.